The Bertz CT molecular complexity index is 911. The molecule has 2 aliphatic rings. The number of aryl methyl sites for hydroxylation is 1. The van der Waals surface area contributed by atoms with Gasteiger partial charge < -0.3 is 5.32 Å². The highest BCUT2D eigenvalue weighted by molar-refractivity contribution is 6.32. The van der Waals surface area contributed by atoms with Crippen LogP contribution in [0.25, 0.3) is 0 Å². The van der Waals surface area contributed by atoms with Crippen molar-refractivity contribution in [3.8, 4) is 0 Å². The minimum atomic E-state index is -0.433. The van der Waals surface area contributed by atoms with Gasteiger partial charge in [0.05, 0.1) is 11.0 Å². The molecule has 2 aromatic rings. The molecule has 1 heterocycles. The van der Waals surface area contributed by atoms with E-state index >= 15 is 0 Å². The summed E-state index contributed by atoms with van der Waals surface area (Å²) in [6.07, 6.45) is 5.32. The number of nitrogens with one attached hydrogen (secondary N) is 1. The van der Waals surface area contributed by atoms with E-state index in [0.717, 1.165) is 28.3 Å². The van der Waals surface area contributed by atoms with Crippen LogP contribution in [0.1, 0.15) is 35.1 Å². The summed E-state index contributed by atoms with van der Waals surface area (Å²) in [5.74, 6) is 0.555. The Morgan fingerprint density at radius 3 is 2.80 bits per heavy atom. The lowest BCUT2D eigenvalue weighted by Gasteiger charge is -2.38. The van der Waals surface area contributed by atoms with Crippen LogP contribution in [0.2, 0.25) is 10.0 Å². The van der Waals surface area contributed by atoms with Crippen LogP contribution in [0, 0.1) is 23.0 Å². The van der Waals surface area contributed by atoms with E-state index in [1.807, 2.05) is 25.1 Å². The van der Waals surface area contributed by atoms with Gasteiger partial charge in [-0.05, 0) is 54.2 Å². The van der Waals surface area contributed by atoms with E-state index in [1.54, 1.807) is 12.1 Å². The fourth-order valence-electron chi connectivity index (χ4n) is 4.03. The third-order valence-electron chi connectivity index (χ3n) is 5.16. The fourth-order valence-corrected chi connectivity index (χ4v) is 4.50. The average Bonchev–Trinajstić information content (AvgIpc) is 3.04. The van der Waals surface area contributed by atoms with Crippen molar-refractivity contribution in [2.75, 3.05) is 5.32 Å². The molecule has 25 heavy (non-hydrogen) atoms. The zero-order valence-corrected chi connectivity index (χ0v) is 15.0. The molecule has 0 saturated heterocycles. The Hall–Kier alpha value is -2.04. The monoisotopic (exact) mass is 374 g/mol. The number of hydrogen-bond acceptors (Lipinski definition) is 3. The first-order valence-electron chi connectivity index (χ1n) is 8.13. The summed E-state index contributed by atoms with van der Waals surface area (Å²) in [5, 5.41) is 15.7. The molecule has 0 saturated carbocycles. The molecule has 1 aliphatic heterocycles. The molecule has 0 fully saturated rings. The number of rotatable bonds is 2. The number of hydrogen-bond donors (Lipinski definition) is 1. The summed E-state index contributed by atoms with van der Waals surface area (Å²) >= 11 is 12.2. The van der Waals surface area contributed by atoms with Crippen LogP contribution in [0.3, 0.4) is 0 Å². The van der Waals surface area contributed by atoms with Crippen molar-refractivity contribution in [2.24, 2.45) is 5.92 Å². The zero-order valence-electron chi connectivity index (χ0n) is 13.5. The van der Waals surface area contributed by atoms with Crippen LogP contribution < -0.4 is 5.32 Å². The minimum Gasteiger partial charge on any atom is -0.377 e. The van der Waals surface area contributed by atoms with Crippen molar-refractivity contribution in [2.45, 2.75) is 25.3 Å². The van der Waals surface area contributed by atoms with Crippen LogP contribution in [-0.2, 0) is 0 Å². The molecule has 0 unspecified atom stereocenters. The standard InChI is InChI=1S/C19H16Cl2N2O2/c1-10-7-12(20)9-15-13-3-2-4-14(13)19(22-18(10)15)11-5-6-16(21)17(8-11)23(24)25/h2-3,5-9,13-14,19,22H,4H2,1H3/t13-,14+,19-/m1/s1. The van der Waals surface area contributed by atoms with E-state index in [0.29, 0.717) is 5.92 Å². The summed E-state index contributed by atoms with van der Waals surface area (Å²) in [7, 11) is 0. The Balaban J connectivity index is 1.82. The fraction of sp³-hybridized carbons (Fsp3) is 0.263. The second kappa shape index (κ2) is 6.04. The lowest BCUT2D eigenvalue weighted by molar-refractivity contribution is -0.384. The molecular weight excluding hydrogens is 359 g/mol. The topological polar surface area (TPSA) is 55.2 Å². The SMILES string of the molecule is Cc1cc(Cl)cc2c1N[C@H](c1ccc(Cl)c([N+](=O)[O-])c1)[C@H]1CC=C[C@@H]21. The Morgan fingerprint density at radius 1 is 1.24 bits per heavy atom. The van der Waals surface area contributed by atoms with Gasteiger partial charge in [0, 0.05) is 22.7 Å². The van der Waals surface area contributed by atoms with Gasteiger partial charge in [-0.15, -0.1) is 0 Å². The molecule has 6 heteroatoms. The van der Waals surface area contributed by atoms with E-state index in [4.69, 9.17) is 23.2 Å². The first kappa shape index (κ1) is 16.4. The lowest BCUT2D eigenvalue weighted by atomic mass is 9.76. The van der Waals surface area contributed by atoms with Gasteiger partial charge in [0.2, 0.25) is 0 Å². The van der Waals surface area contributed by atoms with Crippen molar-refractivity contribution < 1.29 is 4.92 Å². The summed E-state index contributed by atoms with van der Waals surface area (Å²) in [5.41, 5.74) is 4.18. The van der Waals surface area contributed by atoms with Gasteiger partial charge in [0.1, 0.15) is 5.02 Å². The van der Waals surface area contributed by atoms with E-state index in [2.05, 4.69) is 17.5 Å². The number of allylic oxidation sites excluding steroid dienone is 2. The second-order valence-corrected chi connectivity index (χ2v) is 7.47. The molecule has 0 radical (unpaired) electrons. The minimum absolute atomic E-state index is 0.0108. The number of fused-ring (bicyclic) bond motifs is 3. The van der Waals surface area contributed by atoms with Gasteiger partial charge in [0.25, 0.3) is 5.69 Å². The Morgan fingerprint density at radius 2 is 2.04 bits per heavy atom. The Labute approximate surface area is 155 Å². The molecule has 1 N–H and O–H groups in total. The van der Waals surface area contributed by atoms with Crippen molar-refractivity contribution in [1.29, 1.82) is 0 Å². The third-order valence-corrected chi connectivity index (χ3v) is 5.69. The Kier molecular flexibility index (Phi) is 3.97. The lowest BCUT2D eigenvalue weighted by Crippen LogP contribution is -2.29. The molecule has 4 rings (SSSR count). The van der Waals surface area contributed by atoms with Gasteiger partial charge >= 0.3 is 0 Å². The second-order valence-electron chi connectivity index (χ2n) is 6.63. The molecule has 0 amide bonds. The average molecular weight is 375 g/mol. The first-order valence-corrected chi connectivity index (χ1v) is 8.88. The van der Waals surface area contributed by atoms with Gasteiger partial charge in [-0.3, -0.25) is 10.1 Å². The molecule has 2 aromatic carbocycles. The predicted octanol–water partition coefficient (Wildman–Crippen LogP) is 6.04. The number of halogens is 2. The van der Waals surface area contributed by atoms with Crippen molar-refractivity contribution in [3.63, 3.8) is 0 Å². The van der Waals surface area contributed by atoms with Crippen LogP contribution in [0.5, 0.6) is 0 Å². The molecular formula is C19H16Cl2N2O2. The van der Waals surface area contributed by atoms with E-state index in [-0.39, 0.29) is 22.7 Å². The van der Waals surface area contributed by atoms with Crippen molar-refractivity contribution in [1.82, 2.24) is 0 Å². The summed E-state index contributed by atoms with van der Waals surface area (Å²) in [4.78, 5) is 10.8. The van der Waals surface area contributed by atoms with E-state index < -0.39 is 4.92 Å². The molecule has 0 spiro atoms. The molecule has 0 aromatic heterocycles. The quantitative estimate of drug-likeness (QED) is 0.396. The zero-order chi connectivity index (χ0) is 17.7. The van der Waals surface area contributed by atoms with Crippen LogP contribution in [0.15, 0.2) is 42.5 Å². The number of anilines is 1. The van der Waals surface area contributed by atoms with Gasteiger partial charge in [-0.25, -0.2) is 0 Å². The highest BCUT2D eigenvalue weighted by atomic mass is 35.5. The molecule has 1 aliphatic carbocycles. The predicted molar refractivity (Wildman–Crippen MR) is 101 cm³/mol. The first-order chi connectivity index (χ1) is 12.0. The number of nitro benzene ring substituents is 1. The maximum absolute atomic E-state index is 11.2. The van der Waals surface area contributed by atoms with Crippen molar-refractivity contribution in [3.05, 3.63) is 79.3 Å². The highest BCUT2D eigenvalue weighted by Gasteiger charge is 2.39. The summed E-state index contributed by atoms with van der Waals surface area (Å²) in [6.45, 7) is 2.03. The van der Waals surface area contributed by atoms with Gasteiger partial charge in [0.15, 0.2) is 0 Å². The van der Waals surface area contributed by atoms with E-state index in [1.165, 1.54) is 5.56 Å². The van der Waals surface area contributed by atoms with Crippen LogP contribution >= 0.6 is 23.2 Å². The molecule has 3 atom stereocenters. The van der Waals surface area contributed by atoms with Crippen LogP contribution in [-0.4, -0.2) is 4.92 Å². The molecule has 4 nitrogen and oxygen atoms in total. The number of nitrogens with zero attached hydrogens (tertiary/aromatic N) is 1. The summed E-state index contributed by atoms with van der Waals surface area (Å²) < 4.78 is 0. The molecule has 128 valence electrons. The van der Waals surface area contributed by atoms with Crippen molar-refractivity contribution >= 4 is 34.6 Å². The number of nitro groups is 1. The highest BCUT2D eigenvalue weighted by Crippen LogP contribution is 2.51. The summed E-state index contributed by atoms with van der Waals surface area (Å²) in [6, 6.07) is 9.02. The largest absolute Gasteiger partial charge is 0.377 e. The smallest absolute Gasteiger partial charge is 0.288 e. The maximum Gasteiger partial charge on any atom is 0.288 e. The maximum atomic E-state index is 11.2. The normalized spacial score (nSPS) is 23.7. The number of benzene rings is 2. The van der Waals surface area contributed by atoms with Gasteiger partial charge in [-0.2, -0.15) is 0 Å². The van der Waals surface area contributed by atoms with Gasteiger partial charge in [-0.1, -0.05) is 41.4 Å². The molecule has 0 bridgehead atoms. The van der Waals surface area contributed by atoms with Crippen LogP contribution in [0.4, 0.5) is 11.4 Å². The third kappa shape index (κ3) is 2.70. The van der Waals surface area contributed by atoms with E-state index in [9.17, 15) is 10.1 Å².